The molecular weight excluding hydrogens is 484 g/mol. The van der Waals surface area contributed by atoms with Crippen molar-refractivity contribution in [2.75, 3.05) is 42.1 Å². The number of nitrogens with one attached hydrogen (secondary N) is 1. The SMILES string of the molecule is Nc1ccc(Nc2ncnc3sc4c(c23)CCC(C(=O)N2CCN(c3ccncc3)CC2)C4)cc1C=[NH2+]. The third-order valence-corrected chi connectivity index (χ3v) is 8.51. The third-order valence-electron chi connectivity index (χ3n) is 7.34. The van der Waals surface area contributed by atoms with Crippen molar-refractivity contribution in [1.82, 2.24) is 19.9 Å². The summed E-state index contributed by atoms with van der Waals surface area (Å²) in [4.78, 5) is 33.2. The number of aromatic nitrogens is 3. The lowest BCUT2D eigenvalue weighted by Gasteiger charge is -2.38. The predicted molar refractivity (Wildman–Crippen MR) is 147 cm³/mol. The largest absolute Gasteiger partial charge is 0.398 e. The Labute approximate surface area is 218 Å². The lowest BCUT2D eigenvalue weighted by molar-refractivity contribution is -0.136. The molecule has 1 atom stereocenters. The van der Waals surface area contributed by atoms with Crippen molar-refractivity contribution in [1.29, 1.82) is 0 Å². The first kappa shape index (κ1) is 23.4. The van der Waals surface area contributed by atoms with Crippen molar-refractivity contribution >= 4 is 56.6 Å². The van der Waals surface area contributed by atoms with Crippen LogP contribution in [0.25, 0.3) is 10.2 Å². The van der Waals surface area contributed by atoms with Crippen LogP contribution in [-0.2, 0) is 17.6 Å². The summed E-state index contributed by atoms with van der Waals surface area (Å²) in [6, 6.07) is 9.70. The Bertz CT molecular complexity index is 1460. The molecule has 4 aromatic rings. The summed E-state index contributed by atoms with van der Waals surface area (Å²) in [5, 5.41) is 10.2. The molecule has 1 aliphatic carbocycles. The lowest BCUT2D eigenvalue weighted by Crippen LogP contribution is -2.51. The van der Waals surface area contributed by atoms with E-state index >= 15 is 0 Å². The molecule has 1 fully saturated rings. The fraction of sp³-hybridized carbons (Fsp3) is 0.296. The second kappa shape index (κ2) is 9.78. The van der Waals surface area contributed by atoms with Crippen molar-refractivity contribution in [3.63, 3.8) is 0 Å². The molecule has 1 aromatic carbocycles. The Morgan fingerprint density at radius 3 is 2.73 bits per heavy atom. The number of pyridine rings is 1. The Hall–Kier alpha value is -4.05. The quantitative estimate of drug-likeness (QED) is 0.275. The van der Waals surface area contributed by atoms with E-state index in [4.69, 9.17) is 11.1 Å². The highest BCUT2D eigenvalue weighted by atomic mass is 32.1. The Morgan fingerprint density at radius 1 is 1.14 bits per heavy atom. The van der Waals surface area contributed by atoms with Gasteiger partial charge in [-0.05, 0) is 55.2 Å². The van der Waals surface area contributed by atoms with Gasteiger partial charge in [0.05, 0.1) is 10.9 Å². The van der Waals surface area contributed by atoms with Crippen LogP contribution in [0.1, 0.15) is 22.4 Å². The van der Waals surface area contributed by atoms with Crippen molar-refractivity contribution in [3.8, 4) is 0 Å². The van der Waals surface area contributed by atoms with Gasteiger partial charge in [0.15, 0.2) is 6.21 Å². The molecule has 188 valence electrons. The summed E-state index contributed by atoms with van der Waals surface area (Å²) >= 11 is 1.68. The topological polar surface area (TPSA) is 126 Å². The van der Waals surface area contributed by atoms with Crippen molar-refractivity contribution in [3.05, 3.63) is 65.1 Å². The molecule has 37 heavy (non-hydrogen) atoms. The van der Waals surface area contributed by atoms with Crippen LogP contribution in [0, 0.1) is 5.92 Å². The molecular formula is C27H29N8OS+. The minimum absolute atomic E-state index is 0.0113. The highest BCUT2D eigenvalue weighted by Gasteiger charge is 2.33. The molecule has 3 aromatic heterocycles. The summed E-state index contributed by atoms with van der Waals surface area (Å²) in [6.07, 6.45) is 9.15. The maximum Gasteiger partial charge on any atom is 0.226 e. The Morgan fingerprint density at radius 2 is 1.95 bits per heavy atom. The average molecular weight is 514 g/mol. The number of aryl methyl sites for hydroxylation is 1. The molecule has 1 saturated heterocycles. The van der Waals surface area contributed by atoms with Gasteiger partial charge in [0.2, 0.25) is 5.91 Å². The zero-order valence-corrected chi connectivity index (χ0v) is 21.2. The summed E-state index contributed by atoms with van der Waals surface area (Å²) in [5.74, 6) is 1.05. The number of nitrogens with two attached hydrogens (primary N) is 2. The van der Waals surface area contributed by atoms with Gasteiger partial charge in [0.1, 0.15) is 17.0 Å². The number of fused-ring (bicyclic) bond motifs is 3. The highest BCUT2D eigenvalue weighted by molar-refractivity contribution is 7.19. The summed E-state index contributed by atoms with van der Waals surface area (Å²) in [7, 11) is 0. The third kappa shape index (κ3) is 4.48. The molecule has 9 nitrogen and oxygen atoms in total. The summed E-state index contributed by atoms with van der Waals surface area (Å²) in [5.41, 5.74) is 10.7. The molecule has 4 heterocycles. The monoisotopic (exact) mass is 513 g/mol. The van der Waals surface area contributed by atoms with Gasteiger partial charge >= 0.3 is 0 Å². The number of benzene rings is 1. The molecule has 0 saturated carbocycles. The van der Waals surface area contributed by atoms with Gasteiger partial charge in [0, 0.05) is 66.4 Å². The number of hydrogen-bond donors (Lipinski definition) is 3. The number of nitrogens with zero attached hydrogens (tertiary/aromatic N) is 5. The van der Waals surface area contributed by atoms with Crippen LogP contribution in [0.2, 0.25) is 0 Å². The van der Waals surface area contributed by atoms with Crippen molar-refractivity contribution in [2.45, 2.75) is 19.3 Å². The fourth-order valence-electron chi connectivity index (χ4n) is 5.35. The van der Waals surface area contributed by atoms with E-state index in [0.717, 1.165) is 78.4 Å². The second-order valence-corrected chi connectivity index (χ2v) is 10.6. The lowest BCUT2D eigenvalue weighted by atomic mass is 9.86. The van der Waals surface area contributed by atoms with Crippen LogP contribution >= 0.6 is 11.3 Å². The van der Waals surface area contributed by atoms with Gasteiger partial charge in [-0.3, -0.25) is 15.2 Å². The second-order valence-electron chi connectivity index (χ2n) is 9.50. The number of thiophene rings is 1. The smallest absolute Gasteiger partial charge is 0.226 e. The molecule has 0 radical (unpaired) electrons. The molecule has 0 spiro atoms. The van der Waals surface area contributed by atoms with E-state index < -0.39 is 0 Å². The first-order valence-corrected chi connectivity index (χ1v) is 13.3. The molecule has 1 unspecified atom stereocenters. The van der Waals surface area contributed by atoms with Gasteiger partial charge in [-0.15, -0.1) is 11.3 Å². The van der Waals surface area contributed by atoms with Gasteiger partial charge < -0.3 is 20.9 Å². The number of hydrogen-bond acceptors (Lipinski definition) is 8. The normalized spacial score (nSPS) is 17.5. The summed E-state index contributed by atoms with van der Waals surface area (Å²) in [6.45, 7) is 3.19. The van der Waals surface area contributed by atoms with Gasteiger partial charge in [-0.1, -0.05) is 0 Å². The fourth-order valence-corrected chi connectivity index (χ4v) is 6.61. The molecule has 1 amide bonds. The average Bonchev–Trinajstić information content (AvgIpc) is 3.33. The molecule has 1 aliphatic heterocycles. The van der Waals surface area contributed by atoms with Crippen LogP contribution in [0.5, 0.6) is 0 Å². The molecule has 6 rings (SSSR count). The highest BCUT2D eigenvalue weighted by Crippen LogP contribution is 2.41. The van der Waals surface area contributed by atoms with Gasteiger partial charge in [-0.2, -0.15) is 0 Å². The van der Waals surface area contributed by atoms with E-state index in [0.29, 0.717) is 5.69 Å². The number of carbonyl (C=O) groups is 1. The Kier molecular flexibility index (Phi) is 6.17. The van der Waals surface area contributed by atoms with E-state index in [2.05, 4.69) is 25.2 Å². The van der Waals surface area contributed by atoms with Crippen molar-refractivity contribution in [2.24, 2.45) is 5.92 Å². The van der Waals surface area contributed by atoms with Crippen LogP contribution in [0.15, 0.2) is 49.1 Å². The number of carbonyl (C=O) groups excluding carboxylic acids is 1. The number of piperazine rings is 1. The maximum absolute atomic E-state index is 13.5. The number of nitrogen functional groups attached to an aromatic ring is 1. The van der Waals surface area contributed by atoms with Gasteiger partial charge in [0.25, 0.3) is 0 Å². The number of anilines is 4. The minimum Gasteiger partial charge on any atom is -0.398 e. The predicted octanol–water partition coefficient (Wildman–Crippen LogP) is 2.04. The van der Waals surface area contributed by atoms with E-state index in [1.54, 1.807) is 17.7 Å². The van der Waals surface area contributed by atoms with E-state index in [-0.39, 0.29) is 11.8 Å². The van der Waals surface area contributed by atoms with Crippen LogP contribution < -0.4 is 21.4 Å². The first-order chi connectivity index (χ1) is 18.1. The van der Waals surface area contributed by atoms with Crippen LogP contribution in [0.3, 0.4) is 0 Å². The zero-order chi connectivity index (χ0) is 25.4. The molecule has 0 bridgehead atoms. The Balaban J connectivity index is 1.18. The standard InChI is InChI=1S/C27H28N8OS/c28-15-18-13-19(2-4-22(18)29)33-25-24-21-3-1-17(14-23(21)37-26(24)32-16-31-25)27(36)35-11-9-34(10-12-35)20-5-7-30-8-6-20/h2,4-8,13,15-17,28H,1,3,9-12,14,29H2,(H,31,32,33)/p+1. The minimum atomic E-state index is 0.0113. The number of rotatable bonds is 5. The van der Waals surface area contributed by atoms with Gasteiger partial charge in [-0.25, -0.2) is 9.97 Å². The zero-order valence-electron chi connectivity index (χ0n) is 20.4. The molecule has 5 N–H and O–H groups in total. The van der Waals surface area contributed by atoms with E-state index in [1.165, 1.54) is 16.7 Å². The number of amides is 1. The summed E-state index contributed by atoms with van der Waals surface area (Å²) < 4.78 is 0. The molecule has 10 heteroatoms. The van der Waals surface area contributed by atoms with Crippen LogP contribution in [-0.4, -0.2) is 58.2 Å². The van der Waals surface area contributed by atoms with Crippen LogP contribution in [0.4, 0.5) is 22.9 Å². The first-order valence-electron chi connectivity index (χ1n) is 12.5. The van der Waals surface area contributed by atoms with E-state index in [1.807, 2.05) is 47.6 Å². The molecule has 2 aliphatic rings. The van der Waals surface area contributed by atoms with Crippen molar-refractivity contribution < 1.29 is 10.2 Å². The van der Waals surface area contributed by atoms with E-state index in [9.17, 15) is 4.79 Å². The maximum atomic E-state index is 13.5.